The summed E-state index contributed by atoms with van der Waals surface area (Å²) in [6.45, 7) is 5.09. The number of carbonyl (C=O) groups is 1. The molecule has 4 rings (SSSR count). The Hall–Kier alpha value is -1.78. The molecule has 0 bridgehead atoms. The molecule has 3 heterocycles. The molecule has 9 nitrogen and oxygen atoms in total. The molecule has 0 spiro atoms. The Labute approximate surface area is 193 Å². The third kappa shape index (κ3) is 5.23. The number of amides is 1. The minimum atomic E-state index is -0.263. The topological polar surface area (TPSA) is 87.7 Å². The fraction of sp³-hybridized carbons (Fsp3) is 0.682. The molecule has 0 aromatic heterocycles. The Morgan fingerprint density at radius 1 is 1.19 bits per heavy atom. The lowest BCUT2D eigenvalue weighted by molar-refractivity contribution is -0.0830. The zero-order valence-corrected chi connectivity index (χ0v) is 19.3. The number of methoxy groups -OCH3 is 2. The van der Waals surface area contributed by atoms with Crippen LogP contribution in [0.5, 0.6) is 17.2 Å². The lowest BCUT2D eigenvalue weighted by atomic mass is 9.93. The van der Waals surface area contributed by atoms with E-state index in [1.165, 1.54) is 7.11 Å². The second-order valence-electron chi connectivity index (χ2n) is 8.11. The van der Waals surface area contributed by atoms with Gasteiger partial charge in [0.1, 0.15) is 0 Å². The predicted molar refractivity (Wildman–Crippen MR) is 117 cm³/mol. The summed E-state index contributed by atoms with van der Waals surface area (Å²) in [6, 6.07) is 1.57. The summed E-state index contributed by atoms with van der Waals surface area (Å²) < 4.78 is 33.8. The van der Waals surface area contributed by atoms with Gasteiger partial charge in [-0.25, -0.2) is 0 Å². The van der Waals surface area contributed by atoms with E-state index < -0.39 is 0 Å². The van der Waals surface area contributed by atoms with Crippen molar-refractivity contribution in [3.8, 4) is 17.2 Å². The van der Waals surface area contributed by atoms with Crippen LogP contribution in [0, 0.1) is 5.92 Å². The third-order valence-corrected chi connectivity index (χ3v) is 6.36. The molecule has 2 atom stereocenters. The summed E-state index contributed by atoms with van der Waals surface area (Å²) in [5.74, 6) is 1.05. The first-order chi connectivity index (χ1) is 15.6. The summed E-state index contributed by atoms with van der Waals surface area (Å²) in [4.78, 5) is 15.4. The van der Waals surface area contributed by atoms with E-state index in [0.29, 0.717) is 67.2 Å². The van der Waals surface area contributed by atoms with Gasteiger partial charge in [0.2, 0.25) is 5.75 Å². The van der Waals surface area contributed by atoms with Gasteiger partial charge in [0.05, 0.1) is 50.2 Å². The van der Waals surface area contributed by atoms with Crippen molar-refractivity contribution in [2.24, 2.45) is 5.92 Å². The molecule has 0 unspecified atom stereocenters. The van der Waals surface area contributed by atoms with Gasteiger partial charge in [-0.2, -0.15) is 0 Å². The first-order valence-electron chi connectivity index (χ1n) is 11.0. The van der Waals surface area contributed by atoms with E-state index in [2.05, 4.69) is 10.2 Å². The fourth-order valence-corrected chi connectivity index (χ4v) is 4.64. The molecule has 3 aliphatic rings. The number of fused-ring (bicyclic) bond motifs is 1. The SMILES string of the molecule is COc1c(Cl)cc(C(=O)NC[C@@H]2CCN(CC3OCCO3)C[C@H]2OC)c2c1OCCCO2. The molecule has 178 valence electrons. The maximum Gasteiger partial charge on any atom is 0.255 e. The molecule has 3 aliphatic heterocycles. The number of piperidine rings is 1. The molecule has 1 aromatic rings. The van der Waals surface area contributed by atoms with E-state index in [1.807, 2.05) is 0 Å². The van der Waals surface area contributed by atoms with E-state index in [-0.39, 0.29) is 24.2 Å². The highest BCUT2D eigenvalue weighted by molar-refractivity contribution is 6.33. The van der Waals surface area contributed by atoms with Crippen molar-refractivity contribution < 1.29 is 33.2 Å². The number of nitrogens with zero attached hydrogens (tertiary/aromatic N) is 1. The highest BCUT2D eigenvalue weighted by Crippen LogP contribution is 2.46. The second-order valence-corrected chi connectivity index (χ2v) is 8.52. The van der Waals surface area contributed by atoms with Crippen LogP contribution in [-0.4, -0.2) is 90.0 Å². The van der Waals surface area contributed by atoms with Gasteiger partial charge in [-0.05, 0) is 19.0 Å². The molecule has 2 saturated heterocycles. The minimum Gasteiger partial charge on any atom is -0.491 e. The van der Waals surface area contributed by atoms with Crippen molar-refractivity contribution in [1.29, 1.82) is 0 Å². The molecule has 1 amide bonds. The largest absolute Gasteiger partial charge is 0.491 e. The van der Waals surface area contributed by atoms with Crippen LogP contribution in [-0.2, 0) is 14.2 Å². The normalized spacial score (nSPS) is 24.2. The van der Waals surface area contributed by atoms with Crippen molar-refractivity contribution in [2.75, 3.05) is 66.8 Å². The van der Waals surface area contributed by atoms with Crippen LogP contribution >= 0.6 is 11.6 Å². The van der Waals surface area contributed by atoms with E-state index in [9.17, 15) is 4.79 Å². The number of likely N-dealkylation sites (tertiary alicyclic amines) is 1. The Bertz CT molecular complexity index is 803. The predicted octanol–water partition coefficient (Wildman–Crippen LogP) is 1.95. The van der Waals surface area contributed by atoms with Gasteiger partial charge in [-0.3, -0.25) is 9.69 Å². The van der Waals surface area contributed by atoms with Crippen molar-refractivity contribution in [2.45, 2.75) is 25.2 Å². The average Bonchev–Trinajstić information content (AvgIpc) is 3.19. The number of ether oxygens (including phenoxy) is 6. The van der Waals surface area contributed by atoms with Crippen LogP contribution in [0.1, 0.15) is 23.2 Å². The standard InChI is InChI=1S/C22H31ClN2O7/c1-27-17-12-25(13-18-29-8-9-30-18)5-4-14(17)11-24-22(26)15-10-16(23)20(28-2)21-19(15)31-6-3-7-32-21/h10,14,17-18H,3-9,11-13H2,1-2H3,(H,24,26)/t14-,17+/m0/s1. The van der Waals surface area contributed by atoms with Gasteiger partial charge < -0.3 is 33.7 Å². The first-order valence-corrected chi connectivity index (χ1v) is 11.4. The summed E-state index contributed by atoms with van der Waals surface area (Å²) >= 11 is 6.36. The van der Waals surface area contributed by atoms with E-state index in [4.69, 9.17) is 40.0 Å². The van der Waals surface area contributed by atoms with Gasteiger partial charge in [0.25, 0.3) is 5.91 Å². The van der Waals surface area contributed by atoms with Crippen molar-refractivity contribution >= 4 is 17.5 Å². The fourth-order valence-electron chi connectivity index (χ4n) is 4.37. The molecule has 2 fully saturated rings. The minimum absolute atomic E-state index is 0.00149. The van der Waals surface area contributed by atoms with Gasteiger partial charge >= 0.3 is 0 Å². The van der Waals surface area contributed by atoms with Gasteiger partial charge in [-0.1, -0.05) is 11.6 Å². The van der Waals surface area contributed by atoms with Crippen LogP contribution in [0.2, 0.25) is 5.02 Å². The number of halogens is 1. The number of carbonyl (C=O) groups excluding carboxylic acids is 1. The molecule has 1 aromatic carbocycles. The summed E-state index contributed by atoms with van der Waals surface area (Å²) in [6.07, 6.45) is 1.44. The maximum atomic E-state index is 13.1. The monoisotopic (exact) mass is 470 g/mol. The van der Waals surface area contributed by atoms with Crippen molar-refractivity contribution in [3.05, 3.63) is 16.7 Å². The van der Waals surface area contributed by atoms with Gasteiger partial charge in [-0.15, -0.1) is 0 Å². The quantitative estimate of drug-likeness (QED) is 0.647. The highest BCUT2D eigenvalue weighted by Gasteiger charge is 2.32. The number of hydrogen-bond donors (Lipinski definition) is 1. The maximum absolute atomic E-state index is 13.1. The van der Waals surface area contributed by atoms with Crippen molar-refractivity contribution in [3.63, 3.8) is 0 Å². The smallest absolute Gasteiger partial charge is 0.255 e. The molecular formula is C22H31ClN2O7. The molecule has 0 saturated carbocycles. The lowest BCUT2D eigenvalue weighted by Crippen LogP contribution is -2.50. The molecular weight excluding hydrogens is 440 g/mol. The molecule has 10 heteroatoms. The van der Waals surface area contributed by atoms with E-state index >= 15 is 0 Å². The van der Waals surface area contributed by atoms with Crippen LogP contribution < -0.4 is 19.5 Å². The number of benzene rings is 1. The van der Waals surface area contributed by atoms with Gasteiger partial charge in [0.15, 0.2) is 17.8 Å². The Morgan fingerprint density at radius 3 is 2.66 bits per heavy atom. The Kier molecular flexibility index (Phi) is 7.96. The van der Waals surface area contributed by atoms with E-state index in [0.717, 1.165) is 26.1 Å². The Morgan fingerprint density at radius 2 is 1.94 bits per heavy atom. The Balaban J connectivity index is 1.39. The van der Waals surface area contributed by atoms with Crippen LogP contribution in [0.3, 0.4) is 0 Å². The zero-order valence-electron chi connectivity index (χ0n) is 18.6. The van der Waals surface area contributed by atoms with Crippen LogP contribution in [0.4, 0.5) is 0 Å². The molecule has 0 aliphatic carbocycles. The van der Waals surface area contributed by atoms with Gasteiger partial charge in [0, 0.05) is 39.1 Å². The lowest BCUT2D eigenvalue weighted by Gasteiger charge is -2.38. The average molecular weight is 471 g/mol. The first kappa shape index (κ1) is 23.4. The third-order valence-electron chi connectivity index (χ3n) is 6.08. The molecule has 1 N–H and O–H groups in total. The number of hydrogen-bond acceptors (Lipinski definition) is 8. The number of rotatable bonds is 7. The zero-order chi connectivity index (χ0) is 22.5. The van der Waals surface area contributed by atoms with Crippen LogP contribution in [0.15, 0.2) is 6.07 Å². The van der Waals surface area contributed by atoms with E-state index in [1.54, 1.807) is 13.2 Å². The van der Waals surface area contributed by atoms with Crippen LogP contribution in [0.25, 0.3) is 0 Å². The second kappa shape index (κ2) is 10.9. The molecule has 0 radical (unpaired) electrons. The summed E-state index contributed by atoms with van der Waals surface area (Å²) in [5.41, 5.74) is 0.342. The molecule has 32 heavy (non-hydrogen) atoms. The van der Waals surface area contributed by atoms with Crippen molar-refractivity contribution in [1.82, 2.24) is 10.2 Å². The summed E-state index contributed by atoms with van der Waals surface area (Å²) in [7, 11) is 3.22. The number of nitrogens with one attached hydrogen (secondary N) is 1. The highest BCUT2D eigenvalue weighted by atomic mass is 35.5. The summed E-state index contributed by atoms with van der Waals surface area (Å²) in [5, 5.41) is 3.34.